The van der Waals surface area contributed by atoms with Gasteiger partial charge in [-0.3, -0.25) is 4.79 Å². The van der Waals surface area contributed by atoms with E-state index in [-0.39, 0.29) is 24.4 Å². The molecule has 0 fully saturated rings. The van der Waals surface area contributed by atoms with Gasteiger partial charge in [0.05, 0.1) is 0 Å². The van der Waals surface area contributed by atoms with E-state index in [2.05, 4.69) is 26.6 Å². The van der Waals surface area contributed by atoms with Crippen LogP contribution in [0.3, 0.4) is 0 Å². The molecule has 2 aromatic rings. The number of fused-ring (bicyclic) bond motifs is 1. The molecule has 1 unspecified atom stereocenters. The van der Waals surface area contributed by atoms with Crippen molar-refractivity contribution in [2.75, 3.05) is 13.6 Å². The molecule has 2 N–H and O–H groups in total. The second-order valence-corrected chi connectivity index (χ2v) is 5.49. The van der Waals surface area contributed by atoms with Gasteiger partial charge in [-0.15, -0.1) is 12.4 Å². The Hall–Kier alpha value is -1.10. The molecule has 0 aliphatic rings. The first-order valence-corrected chi connectivity index (χ1v) is 7.05. The van der Waals surface area contributed by atoms with Crippen molar-refractivity contribution >= 4 is 45.0 Å². The smallest absolute Gasteiger partial charge is 0.252 e. The average molecular weight is 358 g/mol. The van der Waals surface area contributed by atoms with Crippen LogP contribution >= 0.6 is 28.3 Å². The highest BCUT2D eigenvalue weighted by Crippen LogP contribution is 2.24. The summed E-state index contributed by atoms with van der Waals surface area (Å²) in [6.07, 6.45) is 0. The van der Waals surface area contributed by atoms with E-state index in [4.69, 9.17) is 0 Å². The standard InChI is InChI=1S/C15H17BrN2O.ClH/c1-10(17-2)9-18-15(19)14-8-12(16)7-11-5-3-4-6-13(11)14;/h3-8,10,17H,9H2,1-2H3,(H,18,19);1H. The quantitative estimate of drug-likeness (QED) is 0.881. The van der Waals surface area contributed by atoms with Crippen LogP contribution in [0.5, 0.6) is 0 Å². The van der Waals surface area contributed by atoms with Gasteiger partial charge in [-0.2, -0.15) is 0 Å². The summed E-state index contributed by atoms with van der Waals surface area (Å²) in [5.41, 5.74) is 0.702. The van der Waals surface area contributed by atoms with Crippen molar-refractivity contribution in [3.05, 3.63) is 46.4 Å². The predicted molar refractivity (Wildman–Crippen MR) is 89.8 cm³/mol. The summed E-state index contributed by atoms with van der Waals surface area (Å²) in [6, 6.07) is 12.0. The van der Waals surface area contributed by atoms with Gasteiger partial charge in [0.2, 0.25) is 0 Å². The molecule has 0 aromatic heterocycles. The Morgan fingerprint density at radius 3 is 2.70 bits per heavy atom. The van der Waals surface area contributed by atoms with Gasteiger partial charge in [0.15, 0.2) is 0 Å². The van der Waals surface area contributed by atoms with Crippen LogP contribution in [0.1, 0.15) is 17.3 Å². The number of halogens is 2. The van der Waals surface area contributed by atoms with E-state index >= 15 is 0 Å². The molecule has 1 amide bonds. The Balaban J connectivity index is 0.00000200. The number of likely N-dealkylation sites (N-methyl/N-ethyl adjacent to an activating group) is 1. The second-order valence-electron chi connectivity index (χ2n) is 4.57. The molecule has 3 nitrogen and oxygen atoms in total. The van der Waals surface area contributed by atoms with E-state index in [1.54, 1.807) is 0 Å². The van der Waals surface area contributed by atoms with Crippen molar-refractivity contribution in [1.29, 1.82) is 0 Å². The van der Waals surface area contributed by atoms with Crippen LogP contribution in [0.15, 0.2) is 40.9 Å². The van der Waals surface area contributed by atoms with E-state index in [1.165, 1.54) is 0 Å². The van der Waals surface area contributed by atoms with Crippen LogP contribution in [0, 0.1) is 0 Å². The number of carbonyl (C=O) groups excluding carboxylic acids is 1. The Morgan fingerprint density at radius 1 is 1.30 bits per heavy atom. The van der Waals surface area contributed by atoms with Crippen molar-refractivity contribution in [1.82, 2.24) is 10.6 Å². The predicted octanol–water partition coefficient (Wildman–Crippen LogP) is 3.36. The molecule has 0 saturated carbocycles. The molecule has 2 rings (SSSR count). The highest BCUT2D eigenvalue weighted by Gasteiger charge is 2.11. The van der Waals surface area contributed by atoms with Gasteiger partial charge in [0.1, 0.15) is 0 Å². The lowest BCUT2D eigenvalue weighted by Crippen LogP contribution is -2.37. The first-order chi connectivity index (χ1) is 9.11. The minimum absolute atomic E-state index is 0. The van der Waals surface area contributed by atoms with E-state index in [1.807, 2.05) is 50.4 Å². The Labute approximate surface area is 133 Å². The molecular weight excluding hydrogens is 340 g/mol. The van der Waals surface area contributed by atoms with Crippen LogP contribution in [-0.2, 0) is 0 Å². The van der Waals surface area contributed by atoms with Gasteiger partial charge in [-0.25, -0.2) is 0 Å². The fraction of sp³-hybridized carbons (Fsp3) is 0.267. The highest BCUT2D eigenvalue weighted by atomic mass is 79.9. The number of carbonyl (C=O) groups is 1. The van der Waals surface area contributed by atoms with E-state index in [0.717, 1.165) is 15.2 Å². The number of hydrogen-bond donors (Lipinski definition) is 2. The fourth-order valence-corrected chi connectivity index (χ4v) is 2.38. The van der Waals surface area contributed by atoms with Crippen LogP contribution in [0.4, 0.5) is 0 Å². The molecule has 20 heavy (non-hydrogen) atoms. The molecule has 0 aliphatic heterocycles. The van der Waals surface area contributed by atoms with Crippen LogP contribution in [0.25, 0.3) is 10.8 Å². The molecule has 0 saturated heterocycles. The zero-order valence-corrected chi connectivity index (χ0v) is 13.8. The minimum atomic E-state index is -0.0420. The van der Waals surface area contributed by atoms with Crippen LogP contribution < -0.4 is 10.6 Å². The first-order valence-electron chi connectivity index (χ1n) is 6.25. The van der Waals surface area contributed by atoms with Crippen LogP contribution in [-0.4, -0.2) is 25.5 Å². The summed E-state index contributed by atoms with van der Waals surface area (Å²) >= 11 is 3.45. The normalized spacial score (nSPS) is 11.8. The minimum Gasteiger partial charge on any atom is -0.350 e. The Kier molecular flexibility index (Phi) is 6.46. The molecule has 1 atom stereocenters. The molecule has 0 aliphatic carbocycles. The monoisotopic (exact) mass is 356 g/mol. The number of nitrogens with one attached hydrogen (secondary N) is 2. The van der Waals surface area contributed by atoms with Crippen molar-refractivity contribution in [2.45, 2.75) is 13.0 Å². The lowest BCUT2D eigenvalue weighted by molar-refractivity contribution is 0.0952. The molecule has 108 valence electrons. The number of hydrogen-bond acceptors (Lipinski definition) is 2. The summed E-state index contributed by atoms with van der Waals surface area (Å²) in [5, 5.41) is 8.07. The molecule has 5 heteroatoms. The van der Waals surface area contributed by atoms with E-state index in [9.17, 15) is 4.79 Å². The fourth-order valence-electron chi connectivity index (χ4n) is 1.90. The van der Waals surface area contributed by atoms with Crippen molar-refractivity contribution in [2.24, 2.45) is 0 Å². The summed E-state index contributed by atoms with van der Waals surface area (Å²) in [7, 11) is 1.88. The van der Waals surface area contributed by atoms with Gasteiger partial charge < -0.3 is 10.6 Å². The second kappa shape index (κ2) is 7.62. The maximum Gasteiger partial charge on any atom is 0.252 e. The number of rotatable bonds is 4. The topological polar surface area (TPSA) is 41.1 Å². The van der Waals surface area contributed by atoms with Crippen molar-refractivity contribution < 1.29 is 4.79 Å². The summed E-state index contributed by atoms with van der Waals surface area (Å²) in [6.45, 7) is 2.63. The SMILES string of the molecule is CNC(C)CNC(=O)c1cc(Br)cc2ccccc12.Cl. The third-order valence-electron chi connectivity index (χ3n) is 3.13. The van der Waals surface area contributed by atoms with E-state index in [0.29, 0.717) is 12.1 Å². The van der Waals surface area contributed by atoms with E-state index < -0.39 is 0 Å². The third-order valence-corrected chi connectivity index (χ3v) is 3.59. The third kappa shape index (κ3) is 3.95. The number of benzene rings is 2. The molecule has 0 radical (unpaired) electrons. The largest absolute Gasteiger partial charge is 0.350 e. The summed E-state index contributed by atoms with van der Waals surface area (Å²) in [5.74, 6) is -0.0420. The number of amides is 1. The molecule has 0 heterocycles. The average Bonchev–Trinajstić information content (AvgIpc) is 2.43. The van der Waals surface area contributed by atoms with Crippen molar-refractivity contribution in [3.8, 4) is 0 Å². The van der Waals surface area contributed by atoms with Gasteiger partial charge in [0, 0.05) is 22.6 Å². The first kappa shape index (κ1) is 17.0. The zero-order valence-electron chi connectivity index (χ0n) is 11.4. The van der Waals surface area contributed by atoms with Gasteiger partial charge in [-0.1, -0.05) is 40.2 Å². The van der Waals surface area contributed by atoms with Gasteiger partial charge >= 0.3 is 0 Å². The zero-order chi connectivity index (χ0) is 13.8. The highest BCUT2D eigenvalue weighted by molar-refractivity contribution is 9.10. The Morgan fingerprint density at radius 2 is 2.00 bits per heavy atom. The Bertz CT molecular complexity index is 603. The van der Waals surface area contributed by atoms with Crippen LogP contribution in [0.2, 0.25) is 0 Å². The lowest BCUT2D eigenvalue weighted by atomic mass is 10.0. The maximum absolute atomic E-state index is 12.3. The molecule has 0 spiro atoms. The summed E-state index contributed by atoms with van der Waals surface area (Å²) in [4.78, 5) is 12.3. The van der Waals surface area contributed by atoms with Crippen molar-refractivity contribution in [3.63, 3.8) is 0 Å². The van der Waals surface area contributed by atoms with Gasteiger partial charge in [0.25, 0.3) is 5.91 Å². The maximum atomic E-state index is 12.3. The molecule has 0 bridgehead atoms. The van der Waals surface area contributed by atoms with Gasteiger partial charge in [-0.05, 0) is 36.9 Å². The molecule has 2 aromatic carbocycles. The lowest BCUT2D eigenvalue weighted by Gasteiger charge is -2.13. The summed E-state index contributed by atoms with van der Waals surface area (Å²) < 4.78 is 0.915. The molecular formula is C15H18BrClN2O.